The zero-order valence-corrected chi connectivity index (χ0v) is 9.52. The van der Waals surface area contributed by atoms with Gasteiger partial charge in [-0.25, -0.2) is 14.9 Å². The molecule has 4 rings (SSSR count). The molecule has 3 aliphatic heterocycles. The molecule has 0 spiro atoms. The lowest BCUT2D eigenvalue weighted by atomic mass is 9.81. The van der Waals surface area contributed by atoms with Gasteiger partial charge in [-0.2, -0.15) is 0 Å². The lowest BCUT2D eigenvalue weighted by Gasteiger charge is -2.14. The highest BCUT2D eigenvalue weighted by Gasteiger charge is 2.63. The van der Waals surface area contributed by atoms with Gasteiger partial charge in [0.25, 0.3) is 0 Å². The largest absolute Gasteiger partial charge is 0.373 e. The Kier molecular flexibility index (Phi) is 1.89. The van der Waals surface area contributed by atoms with Crippen molar-refractivity contribution in [3.8, 4) is 0 Å². The Morgan fingerprint density at radius 2 is 1.61 bits per heavy atom. The number of hydrogen-bond donors (Lipinski definition) is 0. The van der Waals surface area contributed by atoms with Crippen LogP contribution in [0, 0.1) is 11.8 Å². The van der Waals surface area contributed by atoms with Crippen LogP contribution in [0.2, 0.25) is 0 Å². The second kappa shape index (κ2) is 3.35. The van der Waals surface area contributed by atoms with E-state index in [-0.39, 0.29) is 41.8 Å². The third kappa shape index (κ3) is 1.11. The summed E-state index contributed by atoms with van der Waals surface area (Å²) in [4.78, 5) is 33.8. The summed E-state index contributed by atoms with van der Waals surface area (Å²) in [6.45, 7) is 0. The number of anilines is 1. The highest BCUT2D eigenvalue weighted by atomic mass is 16.5. The lowest BCUT2D eigenvalue weighted by Crippen LogP contribution is -2.35. The number of aromatic nitrogens is 2. The van der Waals surface area contributed by atoms with E-state index in [4.69, 9.17) is 4.74 Å². The predicted octanol–water partition coefficient (Wildman–Crippen LogP) is 0.143. The molecule has 6 heteroatoms. The molecule has 1 aromatic rings. The molecule has 18 heavy (non-hydrogen) atoms. The topological polar surface area (TPSA) is 72.4 Å². The summed E-state index contributed by atoms with van der Waals surface area (Å²) in [5.74, 6) is -0.867. The van der Waals surface area contributed by atoms with Crippen LogP contribution < -0.4 is 4.90 Å². The van der Waals surface area contributed by atoms with E-state index < -0.39 is 0 Å². The molecule has 4 heterocycles. The Morgan fingerprint density at radius 1 is 1.06 bits per heavy atom. The average molecular weight is 245 g/mol. The van der Waals surface area contributed by atoms with E-state index in [1.54, 1.807) is 6.07 Å². The highest BCUT2D eigenvalue weighted by molar-refractivity contribution is 6.21. The van der Waals surface area contributed by atoms with Crippen LogP contribution in [0.4, 0.5) is 5.95 Å². The molecule has 3 aliphatic rings. The van der Waals surface area contributed by atoms with Gasteiger partial charge in [0.15, 0.2) is 0 Å². The van der Waals surface area contributed by atoms with E-state index in [2.05, 4.69) is 9.97 Å². The van der Waals surface area contributed by atoms with Crippen LogP contribution in [0.25, 0.3) is 0 Å². The maximum absolute atomic E-state index is 12.3. The number of ether oxygens (including phenoxy) is 1. The maximum atomic E-state index is 12.3. The number of nitrogens with zero attached hydrogens (tertiary/aromatic N) is 3. The summed E-state index contributed by atoms with van der Waals surface area (Å²) in [7, 11) is 0. The van der Waals surface area contributed by atoms with Crippen LogP contribution in [-0.4, -0.2) is 34.0 Å². The van der Waals surface area contributed by atoms with E-state index >= 15 is 0 Å². The summed E-state index contributed by atoms with van der Waals surface area (Å²) >= 11 is 0. The summed E-state index contributed by atoms with van der Waals surface area (Å²) in [6, 6.07) is 1.65. The van der Waals surface area contributed by atoms with Gasteiger partial charge in [-0.15, -0.1) is 0 Å². The van der Waals surface area contributed by atoms with Crippen molar-refractivity contribution < 1.29 is 14.3 Å². The first-order valence-electron chi connectivity index (χ1n) is 6.07. The van der Waals surface area contributed by atoms with Crippen molar-refractivity contribution in [2.24, 2.45) is 11.8 Å². The Labute approximate surface area is 103 Å². The Hall–Kier alpha value is -1.82. The van der Waals surface area contributed by atoms with Gasteiger partial charge in [-0.1, -0.05) is 0 Å². The molecule has 6 nitrogen and oxygen atoms in total. The number of hydrogen-bond acceptors (Lipinski definition) is 5. The van der Waals surface area contributed by atoms with Crippen molar-refractivity contribution in [3.63, 3.8) is 0 Å². The van der Waals surface area contributed by atoms with Gasteiger partial charge in [-0.3, -0.25) is 9.59 Å². The molecule has 1 aromatic heterocycles. The first-order chi connectivity index (χ1) is 8.77. The highest BCUT2D eigenvalue weighted by Crippen LogP contribution is 2.48. The van der Waals surface area contributed by atoms with Gasteiger partial charge in [-0.05, 0) is 18.9 Å². The molecule has 3 fully saturated rings. The van der Waals surface area contributed by atoms with Crippen molar-refractivity contribution in [1.82, 2.24) is 9.97 Å². The van der Waals surface area contributed by atoms with E-state index in [0.29, 0.717) is 0 Å². The van der Waals surface area contributed by atoms with Gasteiger partial charge in [0.1, 0.15) is 0 Å². The molecule has 4 atom stereocenters. The SMILES string of the molecule is O=C1[C@@H]2[C@H](C(=O)N1c1ncccn1)[C@@H]1CC[C@H]2O1. The molecule has 2 bridgehead atoms. The molecule has 0 aromatic carbocycles. The molecule has 92 valence electrons. The molecule has 0 aliphatic carbocycles. The maximum Gasteiger partial charge on any atom is 0.242 e. The number of amides is 2. The number of carbonyl (C=O) groups excluding carboxylic acids is 2. The van der Waals surface area contributed by atoms with Crippen LogP contribution in [-0.2, 0) is 14.3 Å². The van der Waals surface area contributed by atoms with Crippen molar-refractivity contribution in [3.05, 3.63) is 18.5 Å². The van der Waals surface area contributed by atoms with Crippen molar-refractivity contribution in [2.75, 3.05) is 4.90 Å². The fourth-order valence-corrected chi connectivity index (χ4v) is 3.32. The monoisotopic (exact) mass is 245 g/mol. The third-order valence-electron chi connectivity index (χ3n) is 4.04. The fourth-order valence-electron chi connectivity index (χ4n) is 3.32. The number of fused-ring (bicyclic) bond motifs is 5. The summed E-state index contributed by atoms with van der Waals surface area (Å²) in [5.41, 5.74) is 0. The first-order valence-corrected chi connectivity index (χ1v) is 6.07. The van der Waals surface area contributed by atoms with E-state index in [0.717, 1.165) is 17.7 Å². The summed E-state index contributed by atoms with van der Waals surface area (Å²) in [6.07, 6.45) is 4.61. The van der Waals surface area contributed by atoms with Crippen molar-refractivity contribution >= 4 is 17.8 Å². The summed E-state index contributed by atoms with van der Waals surface area (Å²) < 4.78 is 5.66. The van der Waals surface area contributed by atoms with Crippen LogP contribution >= 0.6 is 0 Å². The van der Waals surface area contributed by atoms with Crippen LogP contribution in [0.5, 0.6) is 0 Å². The quantitative estimate of drug-likeness (QED) is 0.658. The standard InChI is InChI=1S/C12H11N3O3/c16-10-8-6-2-3-7(18-6)9(8)11(17)15(10)12-13-4-1-5-14-12/h1,4-9H,2-3H2/t6-,7+,8+,9-. The van der Waals surface area contributed by atoms with Crippen molar-refractivity contribution in [2.45, 2.75) is 25.0 Å². The third-order valence-corrected chi connectivity index (χ3v) is 4.04. The van der Waals surface area contributed by atoms with Gasteiger partial charge < -0.3 is 4.74 Å². The lowest BCUT2D eigenvalue weighted by molar-refractivity contribution is -0.124. The second-order valence-electron chi connectivity index (χ2n) is 4.90. The smallest absolute Gasteiger partial charge is 0.242 e. The number of carbonyl (C=O) groups is 2. The predicted molar refractivity (Wildman–Crippen MR) is 59.4 cm³/mol. The van der Waals surface area contributed by atoms with Crippen LogP contribution in [0.3, 0.4) is 0 Å². The van der Waals surface area contributed by atoms with Gasteiger partial charge >= 0.3 is 0 Å². The minimum Gasteiger partial charge on any atom is -0.373 e. The molecular formula is C12H11N3O3. The van der Waals surface area contributed by atoms with Crippen molar-refractivity contribution in [1.29, 1.82) is 0 Å². The summed E-state index contributed by atoms with van der Waals surface area (Å²) in [5, 5.41) is 0. The zero-order valence-electron chi connectivity index (χ0n) is 9.52. The molecule has 3 saturated heterocycles. The van der Waals surface area contributed by atoms with E-state index in [9.17, 15) is 9.59 Å². The van der Waals surface area contributed by atoms with E-state index in [1.807, 2.05) is 0 Å². The van der Waals surface area contributed by atoms with Crippen LogP contribution in [0.15, 0.2) is 18.5 Å². The minimum absolute atomic E-state index is 0.0924. The Bertz CT molecular complexity index is 505. The minimum atomic E-state index is -0.319. The zero-order chi connectivity index (χ0) is 12.3. The number of rotatable bonds is 1. The normalized spacial score (nSPS) is 37.4. The van der Waals surface area contributed by atoms with E-state index in [1.165, 1.54) is 12.4 Å². The van der Waals surface area contributed by atoms with Gasteiger partial charge in [0.05, 0.1) is 24.0 Å². The Balaban J connectivity index is 1.76. The average Bonchev–Trinajstić information content (AvgIpc) is 3.05. The molecular weight excluding hydrogens is 234 g/mol. The second-order valence-corrected chi connectivity index (χ2v) is 4.90. The molecule has 0 N–H and O–H groups in total. The van der Waals surface area contributed by atoms with Crippen LogP contribution in [0.1, 0.15) is 12.8 Å². The Morgan fingerprint density at radius 3 is 2.17 bits per heavy atom. The van der Waals surface area contributed by atoms with Gasteiger partial charge in [0, 0.05) is 12.4 Å². The van der Waals surface area contributed by atoms with Gasteiger partial charge in [0.2, 0.25) is 17.8 Å². The molecule has 0 saturated carbocycles. The first kappa shape index (κ1) is 10.1. The molecule has 2 amide bonds. The molecule has 0 unspecified atom stereocenters. The fraction of sp³-hybridized carbons (Fsp3) is 0.500. The number of imide groups is 1. The molecule has 0 radical (unpaired) electrons.